The molecule has 0 radical (unpaired) electrons. The van der Waals surface area contributed by atoms with Gasteiger partial charge in [0.25, 0.3) is 5.91 Å². The zero-order valence-electron chi connectivity index (χ0n) is 11.9. The van der Waals surface area contributed by atoms with E-state index in [1.165, 1.54) is 42.3 Å². The molecule has 0 unspecified atom stereocenters. The number of ether oxygens (including phenoxy) is 3. The van der Waals surface area contributed by atoms with E-state index in [0.717, 1.165) is 0 Å². The van der Waals surface area contributed by atoms with Crippen molar-refractivity contribution in [3.8, 4) is 28.7 Å². The van der Waals surface area contributed by atoms with E-state index < -0.39 is 12.2 Å². The number of alkyl halides is 2. The summed E-state index contributed by atoms with van der Waals surface area (Å²) in [6.07, 6.45) is -1.08. The molecule has 0 fully saturated rings. The summed E-state index contributed by atoms with van der Waals surface area (Å²) in [6, 6.07) is 6.26. The average molecular weight is 320 g/mol. The summed E-state index contributed by atoms with van der Waals surface area (Å²) in [5.74, 6) is -0.705. The highest BCUT2D eigenvalue weighted by molar-refractivity contribution is 5.85. The molecule has 0 saturated carbocycles. The van der Waals surface area contributed by atoms with Gasteiger partial charge in [0.15, 0.2) is 11.5 Å². The third-order valence-corrected chi connectivity index (χ3v) is 3.22. The minimum atomic E-state index is -3.76. The minimum Gasteiger partial charge on any atom is -0.395 e. The van der Waals surface area contributed by atoms with Crippen molar-refractivity contribution in [1.82, 2.24) is 4.57 Å². The van der Waals surface area contributed by atoms with Crippen molar-refractivity contribution in [2.24, 2.45) is 0 Å². The Balaban J connectivity index is 2.09. The Kier molecular flexibility index (Phi) is 3.50. The molecule has 0 amide bonds. The van der Waals surface area contributed by atoms with Crippen molar-refractivity contribution in [2.75, 3.05) is 13.7 Å². The molecule has 8 heteroatoms. The first-order valence-corrected chi connectivity index (χ1v) is 6.48. The lowest BCUT2D eigenvalue weighted by molar-refractivity contribution is -0.286. The predicted molar refractivity (Wildman–Crippen MR) is 73.3 cm³/mol. The third kappa shape index (κ3) is 2.62. The van der Waals surface area contributed by atoms with Crippen LogP contribution in [0.25, 0.3) is 11.1 Å². The zero-order valence-corrected chi connectivity index (χ0v) is 11.9. The molecular weight excluding hydrogens is 310 g/mol. The van der Waals surface area contributed by atoms with Crippen molar-refractivity contribution in [2.45, 2.75) is 6.29 Å². The van der Waals surface area contributed by atoms with Crippen molar-refractivity contribution >= 4 is 5.91 Å². The standard InChI is InChI=1S/C15H10F2N2O4/c1-21-8-13(20)19-6-9(5-18)11(7-19)10-3-2-4-12-14(10)23-15(16,17)22-12/h2-4,6-7H,8H2,1H3. The van der Waals surface area contributed by atoms with Gasteiger partial charge in [0, 0.05) is 30.6 Å². The number of carbonyl (C=O) groups is 1. The number of rotatable bonds is 3. The second-order valence-corrected chi connectivity index (χ2v) is 4.73. The van der Waals surface area contributed by atoms with E-state index in [1.807, 2.05) is 6.07 Å². The lowest BCUT2D eigenvalue weighted by atomic mass is 10.0. The third-order valence-electron chi connectivity index (χ3n) is 3.22. The van der Waals surface area contributed by atoms with Gasteiger partial charge in [0.05, 0.1) is 5.56 Å². The number of hydrogen-bond acceptors (Lipinski definition) is 5. The predicted octanol–water partition coefficient (Wildman–Crippen LogP) is 2.63. The number of methoxy groups -OCH3 is 1. The monoisotopic (exact) mass is 320 g/mol. The van der Waals surface area contributed by atoms with Crippen LogP contribution >= 0.6 is 0 Å². The Hall–Kier alpha value is -2.92. The molecule has 0 aliphatic carbocycles. The van der Waals surface area contributed by atoms with Crippen molar-refractivity contribution < 1.29 is 27.8 Å². The first-order valence-electron chi connectivity index (χ1n) is 6.48. The molecule has 0 bridgehead atoms. The Bertz CT molecular complexity index is 823. The Labute approximate surface area is 129 Å². The van der Waals surface area contributed by atoms with E-state index in [2.05, 4.69) is 9.47 Å². The molecular formula is C15H10F2N2O4. The fourth-order valence-electron chi connectivity index (χ4n) is 2.28. The normalized spacial score (nSPS) is 14.5. The second-order valence-electron chi connectivity index (χ2n) is 4.73. The molecule has 3 rings (SSSR count). The molecule has 2 heterocycles. The highest BCUT2D eigenvalue weighted by Crippen LogP contribution is 2.47. The molecule has 6 nitrogen and oxygen atoms in total. The summed E-state index contributed by atoms with van der Waals surface area (Å²) in [6.45, 7) is -0.177. The highest BCUT2D eigenvalue weighted by atomic mass is 19.3. The average Bonchev–Trinajstić information content (AvgIpc) is 3.05. The van der Waals surface area contributed by atoms with Gasteiger partial charge in [-0.1, -0.05) is 12.1 Å². The fourth-order valence-corrected chi connectivity index (χ4v) is 2.28. The van der Waals surface area contributed by atoms with Gasteiger partial charge in [0.2, 0.25) is 0 Å². The SMILES string of the molecule is COCC(=O)n1cc(C#N)c(-c2cccc3c2OC(F)(F)O3)c1. The van der Waals surface area contributed by atoms with Crippen LogP contribution in [-0.2, 0) is 4.74 Å². The molecule has 1 aromatic heterocycles. The number of carbonyl (C=O) groups excluding carboxylic acids is 1. The number of halogens is 2. The molecule has 2 aromatic rings. The van der Waals surface area contributed by atoms with Gasteiger partial charge in [-0.05, 0) is 6.07 Å². The summed E-state index contributed by atoms with van der Waals surface area (Å²) < 4.78 is 41.4. The van der Waals surface area contributed by atoms with Crippen LogP contribution in [-0.4, -0.2) is 30.5 Å². The summed E-state index contributed by atoms with van der Waals surface area (Å²) in [7, 11) is 1.37. The zero-order chi connectivity index (χ0) is 16.6. The number of hydrogen-bond donors (Lipinski definition) is 0. The van der Waals surface area contributed by atoms with E-state index in [9.17, 15) is 18.8 Å². The molecule has 1 aromatic carbocycles. The fraction of sp³-hybridized carbons (Fsp3) is 0.200. The smallest absolute Gasteiger partial charge is 0.395 e. The first kappa shape index (κ1) is 15.0. The summed E-state index contributed by atoms with van der Waals surface area (Å²) in [5, 5.41) is 9.23. The summed E-state index contributed by atoms with van der Waals surface area (Å²) in [5.41, 5.74) is 0.664. The van der Waals surface area contributed by atoms with Crippen molar-refractivity contribution in [3.05, 3.63) is 36.2 Å². The van der Waals surface area contributed by atoms with Crippen LogP contribution in [0.1, 0.15) is 10.4 Å². The number of para-hydroxylation sites is 1. The molecule has 23 heavy (non-hydrogen) atoms. The van der Waals surface area contributed by atoms with Gasteiger partial charge >= 0.3 is 6.29 Å². The lowest BCUT2D eigenvalue weighted by Gasteiger charge is -2.06. The van der Waals surface area contributed by atoms with Crippen LogP contribution in [0.3, 0.4) is 0 Å². The number of nitriles is 1. The second kappa shape index (κ2) is 5.37. The minimum absolute atomic E-state index is 0.132. The molecule has 0 N–H and O–H groups in total. The first-order chi connectivity index (χ1) is 10.9. The van der Waals surface area contributed by atoms with E-state index in [0.29, 0.717) is 0 Å². The molecule has 1 aliphatic rings. The van der Waals surface area contributed by atoms with Crippen LogP contribution in [0.15, 0.2) is 30.6 Å². The van der Waals surface area contributed by atoms with Gasteiger partial charge in [-0.25, -0.2) is 0 Å². The van der Waals surface area contributed by atoms with Crippen LogP contribution in [0.2, 0.25) is 0 Å². The van der Waals surface area contributed by atoms with E-state index in [1.54, 1.807) is 0 Å². The van der Waals surface area contributed by atoms with Gasteiger partial charge in [-0.15, -0.1) is 8.78 Å². The van der Waals surface area contributed by atoms with Gasteiger partial charge in [0.1, 0.15) is 12.7 Å². The summed E-state index contributed by atoms with van der Waals surface area (Å²) in [4.78, 5) is 11.8. The molecule has 0 atom stereocenters. The van der Waals surface area contributed by atoms with Crippen LogP contribution in [0, 0.1) is 11.3 Å². The maximum Gasteiger partial charge on any atom is 0.586 e. The number of nitrogens with zero attached hydrogens (tertiary/aromatic N) is 2. The van der Waals surface area contributed by atoms with E-state index in [4.69, 9.17) is 4.74 Å². The number of aromatic nitrogens is 1. The Morgan fingerprint density at radius 1 is 1.35 bits per heavy atom. The molecule has 0 spiro atoms. The number of benzene rings is 1. The Morgan fingerprint density at radius 3 is 2.83 bits per heavy atom. The highest BCUT2D eigenvalue weighted by Gasteiger charge is 2.44. The van der Waals surface area contributed by atoms with Crippen LogP contribution in [0.5, 0.6) is 11.5 Å². The number of fused-ring (bicyclic) bond motifs is 1. The largest absolute Gasteiger partial charge is 0.586 e. The van der Waals surface area contributed by atoms with E-state index in [-0.39, 0.29) is 34.8 Å². The summed E-state index contributed by atoms with van der Waals surface area (Å²) >= 11 is 0. The Morgan fingerprint density at radius 2 is 2.13 bits per heavy atom. The quantitative estimate of drug-likeness (QED) is 0.869. The van der Waals surface area contributed by atoms with Gasteiger partial charge in [-0.2, -0.15) is 5.26 Å². The maximum absolute atomic E-state index is 13.3. The molecule has 118 valence electrons. The molecule has 1 aliphatic heterocycles. The maximum atomic E-state index is 13.3. The van der Waals surface area contributed by atoms with Gasteiger partial charge in [-0.3, -0.25) is 9.36 Å². The van der Waals surface area contributed by atoms with E-state index >= 15 is 0 Å². The van der Waals surface area contributed by atoms with Crippen molar-refractivity contribution in [1.29, 1.82) is 5.26 Å². The topological polar surface area (TPSA) is 73.5 Å². The van der Waals surface area contributed by atoms with Crippen molar-refractivity contribution in [3.63, 3.8) is 0 Å². The van der Waals surface area contributed by atoms with Crippen LogP contribution in [0.4, 0.5) is 8.78 Å². The van der Waals surface area contributed by atoms with Crippen LogP contribution < -0.4 is 9.47 Å². The van der Waals surface area contributed by atoms with Gasteiger partial charge < -0.3 is 14.2 Å². The lowest BCUT2D eigenvalue weighted by Crippen LogP contribution is -2.26. The molecule has 0 saturated heterocycles.